The number of benzene rings is 3. The van der Waals surface area contributed by atoms with Gasteiger partial charge in [-0.2, -0.15) is 8.78 Å². The lowest BCUT2D eigenvalue weighted by molar-refractivity contribution is 0.105. The van der Waals surface area contributed by atoms with E-state index in [1.165, 1.54) is 18.2 Å². The number of halogens is 7. The van der Waals surface area contributed by atoms with E-state index < -0.39 is 33.7 Å². The van der Waals surface area contributed by atoms with Crippen molar-refractivity contribution in [3.8, 4) is 22.3 Å². The van der Waals surface area contributed by atoms with E-state index in [-0.39, 0.29) is 28.2 Å². The van der Waals surface area contributed by atoms with Crippen LogP contribution in [0, 0.1) is 29.2 Å². The Hall–Kier alpha value is -2.54. The predicted octanol–water partition coefficient (Wildman–Crippen LogP) is 9.48. The van der Waals surface area contributed by atoms with Crippen LogP contribution in [0.4, 0.5) is 26.3 Å². The molecule has 1 aliphatic carbocycles. The van der Waals surface area contributed by atoms with Gasteiger partial charge >= 0.3 is 4.83 Å². The summed E-state index contributed by atoms with van der Waals surface area (Å²) in [5.74, 6) is -3.70. The summed E-state index contributed by atoms with van der Waals surface area (Å²) in [4.78, 5) is -3.91. The molecule has 0 fully saturated rings. The monoisotopic (exact) mass is 538 g/mol. The van der Waals surface area contributed by atoms with E-state index in [9.17, 15) is 26.3 Å². The Kier molecular flexibility index (Phi) is 6.94. The van der Waals surface area contributed by atoms with Crippen LogP contribution in [0.3, 0.4) is 0 Å². The van der Waals surface area contributed by atoms with Gasteiger partial charge in [-0.15, -0.1) is 0 Å². The number of allylic oxidation sites excluding steroid dienone is 2. The van der Waals surface area contributed by atoms with Crippen LogP contribution >= 0.6 is 15.9 Å². The lowest BCUT2D eigenvalue weighted by atomic mass is 9.83. The first-order chi connectivity index (χ1) is 16.1. The molecule has 2 atom stereocenters. The molecule has 0 bridgehead atoms. The third-order valence-corrected chi connectivity index (χ3v) is 6.72. The van der Waals surface area contributed by atoms with Crippen LogP contribution in [0.2, 0.25) is 0 Å². The molecule has 178 valence electrons. The molecule has 0 spiro atoms. The average molecular weight is 539 g/mol. The first-order valence-electron chi connectivity index (χ1n) is 10.9. The van der Waals surface area contributed by atoms with E-state index in [2.05, 4.69) is 19.1 Å². The van der Waals surface area contributed by atoms with Gasteiger partial charge < -0.3 is 0 Å². The molecule has 0 amide bonds. The Morgan fingerprint density at radius 1 is 0.765 bits per heavy atom. The standard InChI is InChI=1S/C27H21BrF6/c1-2-15-3-5-16(6-4-15)17-7-9-20(22(29)11-17)18-8-10-21(23(30)12-18)19-13-24(31)26(25(32)14-19)27(28,33)34/h3,5,7-16H,2,4,6H2,1H3. The fraction of sp³-hybridized carbons (Fsp3) is 0.259. The summed E-state index contributed by atoms with van der Waals surface area (Å²) in [5, 5.41) is 0. The van der Waals surface area contributed by atoms with Crippen LogP contribution in [0.15, 0.2) is 60.7 Å². The van der Waals surface area contributed by atoms with Crippen molar-refractivity contribution in [3.05, 3.63) is 95.1 Å². The molecular formula is C27H21BrF6. The van der Waals surface area contributed by atoms with Crippen molar-refractivity contribution < 1.29 is 26.3 Å². The molecule has 0 nitrogen and oxygen atoms in total. The van der Waals surface area contributed by atoms with Crippen molar-refractivity contribution >= 4 is 15.9 Å². The fourth-order valence-corrected chi connectivity index (χ4v) is 4.79. The summed E-state index contributed by atoms with van der Waals surface area (Å²) >= 11 is 1.94. The van der Waals surface area contributed by atoms with Gasteiger partial charge in [0.15, 0.2) is 0 Å². The van der Waals surface area contributed by atoms with E-state index in [0.29, 0.717) is 18.1 Å². The molecule has 0 radical (unpaired) electrons. The molecule has 7 heteroatoms. The average Bonchev–Trinajstić information content (AvgIpc) is 2.77. The summed E-state index contributed by atoms with van der Waals surface area (Å²) in [5.41, 5.74) is -0.606. The second-order valence-corrected chi connectivity index (χ2v) is 9.48. The molecule has 1 aliphatic rings. The van der Waals surface area contributed by atoms with Crippen LogP contribution in [0.1, 0.15) is 43.2 Å². The minimum Gasteiger partial charge on any atom is -0.206 e. The maximum Gasteiger partial charge on any atom is 0.332 e. The van der Waals surface area contributed by atoms with E-state index in [1.807, 2.05) is 22.0 Å². The molecular weight excluding hydrogens is 518 g/mol. The summed E-state index contributed by atoms with van der Waals surface area (Å²) in [7, 11) is 0. The van der Waals surface area contributed by atoms with E-state index in [4.69, 9.17) is 0 Å². The van der Waals surface area contributed by atoms with Gasteiger partial charge in [0, 0.05) is 17.0 Å². The van der Waals surface area contributed by atoms with Crippen molar-refractivity contribution in [3.63, 3.8) is 0 Å². The van der Waals surface area contributed by atoms with Gasteiger partial charge in [-0.05, 0) is 82.1 Å². The predicted molar refractivity (Wildman–Crippen MR) is 125 cm³/mol. The number of hydrogen-bond acceptors (Lipinski definition) is 0. The van der Waals surface area contributed by atoms with Crippen LogP contribution < -0.4 is 0 Å². The lowest BCUT2D eigenvalue weighted by Crippen LogP contribution is -2.09. The molecule has 0 saturated carbocycles. The zero-order valence-corrected chi connectivity index (χ0v) is 19.8. The second kappa shape index (κ2) is 9.61. The number of rotatable bonds is 5. The summed E-state index contributed by atoms with van der Waals surface area (Å²) in [6.07, 6.45) is 7.33. The van der Waals surface area contributed by atoms with Gasteiger partial charge in [0.2, 0.25) is 0 Å². The highest BCUT2D eigenvalue weighted by Crippen LogP contribution is 2.40. The molecule has 0 saturated heterocycles. The van der Waals surface area contributed by atoms with Gasteiger partial charge in [0.1, 0.15) is 28.8 Å². The van der Waals surface area contributed by atoms with Crippen molar-refractivity contribution in [1.82, 2.24) is 0 Å². The third kappa shape index (κ3) is 4.95. The minimum atomic E-state index is -3.91. The van der Waals surface area contributed by atoms with E-state index in [1.54, 1.807) is 6.07 Å². The highest BCUT2D eigenvalue weighted by molar-refractivity contribution is 9.09. The van der Waals surface area contributed by atoms with Crippen molar-refractivity contribution in [2.24, 2.45) is 5.92 Å². The first-order valence-corrected chi connectivity index (χ1v) is 11.7. The van der Waals surface area contributed by atoms with Crippen LogP contribution in [0.25, 0.3) is 22.3 Å². The molecule has 3 aromatic rings. The van der Waals surface area contributed by atoms with Crippen LogP contribution in [0.5, 0.6) is 0 Å². The quantitative estimate of drug-likeness (QED) is 0.172. The van der Waals surface area contributed by atoms with Gasteiger partial charge in [0.05, 0.1) is 0 Å². The third-order valence-electron chi connectivity index (χ3n) is 6.33. The normalized spacial score (nSPS) is 18.4. The number of hydrogen-bond donors (Lipinski definition) is 0. The maximum absolute atomic E-state index is 14.9. The second-order valence-electron chi connectivity index (χ2n) is 8.48. The summed E-state index contributed by atoms with van der Waals surface area (Å²) < 4.78 is 84.8. The van der Waals surface area contributed by atoms with Crippen LogP contribution in [-0.4, -0.2) is 0 Å². The zero-order chi connectivity index (χ0) is 24.6. The Morgan fingerprint density at radius 3 is 1.88 bits per heavy atom. The Balaban J connectivity index is 1.63. The topological polar surface area (TPSA) is 0 Å². The minimum absolute atomic E-state index is 0.130. The van der Waals surface area contributed by atoms with Crippen molar-refractivity contribution in [2.45, 2.75) is 36.9 Å². The molecule has 0 N–H and O–H groups in total. The molecule has 4 rings (SSSR count). The van der Waals surface area contributed by atoms with Crippen molar-refractivity contribution in [2.75, 3.05) is 0 Å². The number of alkyl halides is 3. The highest BCUT2D eigenvalue weighted by atomic mass is 79.9. The lowest BCUT2D eigenvalue weighted by Gasteiger charge is -2.22. The Bertz CT molecular complexity index is 1220. The van der Waals surface area contributed by atoms with Gasteiger partial charge in [-0.1, -0.05) is 43.3 Å². The van der Waals surface area contributed by atoms with Crippen LogP contribution in [-0.2, 0) is 4.83 Å². The smallest absolute Gasteiger partial charge is 0.206 e. The maximum atomic E-state index is 14.9. The first kappa shape index (κ1) is 24.6. The molecule has 34 heavy (non-hydrogen) atoms. The van der Waals surface area contributed by atoms with Gasteiger partial charge in [0.25, 0.3) is 0 Å². The summed E-state index contributed by atoms with van der Waals surface area (Å²) in [6.45, 7) is 2.14. The SMILES string of the molecule is CCC1C=CC(c2ccc(-c3ccc(-c4cc(F)c(C(F)(F)Br)c(F)c4)c(F)c3)c(F)c2)CC1. The molecule has 3 aromatic carbocycles. The van der Waals surface area contributed by atoms with Crippen molar-refractivity contribution in [1.29, 1.82) is 0 Å². The Labute approximate surface area is 202 Å². The van der Waals surface area contributed by atoms with Gasteiger partial charge in [-0.25, -0.2) is 17.6 Å². The molecule has 0 heterocycles. The molecule has 0 aliphatic heterocycles. The Morgan fingerprint density at radius 2 is 1.35 bits per heavy atom. The largest absolute Gasteiger partial charge is 0.332 e. The highest BCUT2D eigenvalue weighted by Gasteiger charge is 2.35. The van der Waals surface area contributed by atoms with E-state index in [0.717, 1.165) is 30.9 Å². The van der Waals surface area contributed by atoms with E-state index >= 15 is 0 Å². The zero-order valence-electron chi connectivity index (χ0n) is 18.2. The molecule has 2 unspecified atom stereocenters. The van der Waals surface area contributed by atoms with Gasteiger partial charge in [-0.3, -0.25) is 0 Å². The summed E-state index contributed by atoms with van der Waals surface area (Å²) in [6, 6.07) is 9.86. The molecule has 0 aromatic heterocycles. The fourth-order valence-electron chi connectivity index (χ4n) is 4.41.